The van der Waals surface area contributed by atoms with Crippen LogP contribution in [0.15, 0.2) is 42.5 Å². The molecule has 0 spiro atoms. The van der Waals surface area contributed by atoms with Crippen molar-refractivity contribution in [1.82, 2.24) is 10.2 Å². The third kappa shape index (κ3) is 4.91. The molecular weight excluding hydrogens is 409 g/mol. The normalized spacial score (nSPS) is 17.3. The molecule has 2 aromatic carbocycles. The van der Waals surface area contributed by atoms with Crippen LogP contribution in [-0.4, -0.2) is 51.0 Å². The number of anilines is 1. The molecule has 1 N–H and O–H groups in total. The van der Waals surface area contributed by atoms with Gasteiger partial charge in [-0.3, -0.25) is 9.59 Å². The number of amides is 2. The van der Waals surface area contributed by atoms with Gasteiger partial charge < -0.3 is 19.9 Å². The van der Waals surface area contributed by atoms with Crippen LogP contribution < -0.4 is 15.0 Å². The number of rotatable bonds is 7. The van der Waals surface area contributed by atoms with E-state index in [1.807, 2.05) is 25.1 Å². The zero-order valence-corrected chi connectivity index (χ0v) is 17.9. The number of ether oxygens (including phenoxy) is 1. The molecule has 2 atom stereocenters. The third-order valence-electron chi connectivity index (χ3n) is 5.25. The number of methoxy groups -OCH3 is 1. The number of benzene rings is 2. The SMILES string of the molecule is COc1ccc(Cl)cc1N1CC(C(=O)NCC(c2cccc(F)c2)N(C)C)CC1=O. The maximum atomic E-state index is 13.6. The van der Waals surface area contributed by atoms with Gasteiger partial charge in [0.25, 0.3) is 0 Å². The van der Waals surface area contributed by atoms with Gasteiger partial charge in [0.05, 0.1) is 24.8 Å². The first-order valence-electron chi connectivity index (χ1n) is 9.63. The van der Waals surface area contributed by atoms with Crippen LogP contribution in [0.3, 0.4) is 0 Å². The Morgan fingerprint density at radius 2 is 2.10 bits per heavy atom. The minimum Gasteiger partial charge on any atom is -0.495 e. The summed E-state index contributed by atoms with van der Waals surface area (Å²) in [6, 6.07) is 11.2. The summed E-state index contributed by atoms with van der Waals surface area (Å²) >= 11 is 6.08. The predicted molar refractivity (Wildman–Crippen MR) is 114 cm³/mol. The highest BCUT2D eigenvalue weighted by Crippen LogP contribution is 2.35. The van der Waals surface area contributed by atoms with E-state index in [0.29, 0.717) is 23.0 Å². The molecule has 2 aromatic rings. The fourth-order valence-corrected chi connectivity index (χ4v) is 3.81. The van der Waals surface area contributed by atoms with Gasteiger partial charge >= 0.3 is 0 Å². The average molecular weight is 434 g/mol. The lowest BCUT2D eigenvalue weighted by atomic mass is 10.0. The molecule has 1 heterocycles. The fraction of sp³-hybridized carbons (Fsp3) is 0.364. The van der Waals surface area contributed by atoms with Crippen LogP contribution in [0.25, 0.3) is 0 Å². The molecule has 0 aliphatic carbocycles. The summed E-state index contributed by atoms with van der Waals surface area (Å²) < 4.78 is 18.9. The van der Waals surface area contributed by atoms with E-state index in [4.69, 9.17) is 16.3 Å². The Labute approximate surface area is 180 Å². The fourth-order valence-electron chi connectivity index (χ4n) is 3.64. The molecule has 30 heavy (non-hydrogen) atoms. The quantitative estimate of drug-likeness (QED) is 0.728. The van der Waals surface area contributed by atoms with Crippen molar-refractivity contribution in [3.05, 3.63) is 58.9 Å². The Balaban J connectivity index is 1.68. The van der Waals surface area contributed by atoms with Gasteiger partial charge in [-0.1, -0.05) is 23.7 Å². The summed E-state index contributed by atoms with van der Waals surface area (Å²) in [5.41, 5.74) is 1.32. The Morgan fingerprint density at radius 3 is 2.77 bits per heavy atom. The molecule has 3 rings (SSSR count). The number of carbonyl (C=O) groups excluding carboxylic acids is 2. The lowest BCUT2D eigenvalue weighted by Crippen LogP contribution is -2.38. The Hall–Kier alpha value is -2.64. The van der Waals surface area contributed by atoms with Crippen molar-refractivity contribution < 1.29 is 18.7 Å². The molecule has 1 fully saturated rings. The zero-order chi connectivity index (χ0) is 21.8. The topological polar surface area (TPSA) is 61.9 Å². The van der Waals surface area contributed by atoms with Crippen molar-refractivity contribution in [3.63, 3.8) is 0 Å². The molecule has 6 nitrogen and oxygen atoms in total. The van der Waals surface area contributed by atoms with Crippen LogP contribution in [0.5, 0.6) is 5.75 Å². The van der Waals surface area contributed by atoms with E-state index < -0.39 is 5.92 Å². The molecule has 0 saturated carbocycles. The standard InChI is InChI=1S/C22H25ClFN3O3/c1-26(2)19(14-5-4-6-17(24)9-14)12-25-22(29)15-10-21(28)27(13-15)18-11-16(23)7-8-20(18)30-3/h4-9,11,15,19H,10,12-13H2,1-3H3,(H,25,29). The molecular formula is C22H25ClFN3O3. The first-order chi connectivity index (χ1) is 14.3. The van der Waals surface area contributed by atoms with Gasteiger partial charge in [-0.15, -0.1) is 0 Å². The smallest absolute Gasteiger partial charge is 0.227 e. The van der Waals surface area contributed by atoms with Crippen molar-refractivity contribution >= 4 is 29.1 Å². The minimum absolute atomic E-state index is 0.105. The summed E-state index contributed by atoms with van der Waals surface area (Å²) in [5.74, 6) is -0.664. The molecule has 160 valence electrons. The maximum Gasteiger partial charge on any atom is 0.227 e. The van der Waals surface area contributed by atoms with Crippen molar-refractivity contribution in [3.8, 4) is 5.75 Å². The molecule has 0 bridgehead atoms. The second-order valence-corrected chi connectivity index (χ2v) is 7.94. The van der Waals surface area contributed by atoms with Crippen LogP contribution in [0, 0.1) is 11.7 Å². The number of halogens is 2. The zero-order valence-electron chi connectivity index (χ0n) is 17.2. The van der Waals surface area contributed by atoms with E-state index in [1.165, 1.54) is 24.1 Å². The van der Waals surface area contributed by atoms with Crippen LogP contribution >= 0.6 is 11.6 Å². The molecule has 0 aromatic heterocycles. The van der Waals surface area contributed by atoms with Gasteiger partial charge in [0.15, 0.2) is 0 Å². The Bertz CT molecular complexity index is 938. The second kappa shape index (κ2) is 9.45. The highest BCUT2D eigenvalue weighted by atomic mass is 35.5. The van der Waals surface area contributed by atoms with E-state index in [1.54, 1.807) is 24.3 Å². The number of carbonyl (C=O) groups is 2. The Kier molecular flexibility index (Phi) is 6.95. The lowest BCUT2D eigenvalue weighted by Gasteiger charge is -2.26. The highest BCUT2D eigenvalue weighted by molar-refractivity contribution is 6.31. The van der Waals surface area contributed by atoms with E-state index in [-0.39, 0.29) is 36.6 Å². The Morgan fingerprint density at radius 1 is 1.33 bits per heavy atom. The van der Waals surface area contributed by atoms with E-state index in [0.717, 1.165) is 5.56 Å². The maximum absolute atomic E-state index is 13.6. The number of nitrogens with one attached hydrogen (secondary N) is 1. The molecule has 1 aliphatic rings. The largest absolute Gasteiger partial charge is 0.495 e. The van der Waals surface area contributed by atoms with Crippen molar-refractivity contribution in [2.45, 2.75) is 12.5 Å². The summed E-state index contributed by atoms with van der Waals surface area (Å²) in [6.07, 6.45) is 0.105. The van der Waals surface area contributed by atoms with Gasteiger partial charge in [-0.2, -0.15) is 0 Å². The van der Waals surface area contributed by atoms with Gasteiger partial charge in [0.2, 0.25) is 11.8 Å². The van der Waals surface area contributed by atoms with Gasteiger partial charge in [-0.25, -0.2) is 4.39 Å². The molecule has 0 radical (unpaired) electrons. The van der Waals surface area contributed by atoms with Crippen molar-refractivity contribution in [2.24, 2.45) is 5.92 Å². The predicted octanol–water partition coefficient (Wildman–Crippen LogP) is 3.26. The third-order valence-corrected chi connectivity index (χ3v) is 5.49. The van der Waals surface area contributed by atoms with Crippen LogP contribution in [0.4, 0.5) is 10.1 Å². The van der Waals surface area contributed by atoms with Crippen molar-refractivity contribution in [2.75, 3.05) is 39.2 Å². The summed E-state index contributed by atoms with van der Waals surface area (Å²) in [7, 11) is 5.26. The molecule has 1 aliphatic heterocycles. The molecule has 2 unspecified atom stereocenters. The molecule has 2 amide bonds. The summed E-state index contributed by atoms with van der Waals surface area (Å²) in [5, 5.41) is 3.40. The summed E-state index contributed by atoms with van der Waals surface area (Å²) in [6.45, 7) is 0.550. The number of hydrogen-bond donors (Lipinski definition) is 1. The van der Waals surface area contributed by atoms with E-state index in [9.17, 15) is 14.0 Å². The van der Waals surface area contributed by atoms with E-state index >= 15 is 0 Å². The van der Waals surface area contributed by atoms with Gasteiger partial charge in [0, 0.05) is 24.5 Å². The van der Waals surface area contributed by atoms with E-state index in [2.05, 4.69) is 5.32 Å². The van der Waals surface area contributed by atoms with Crippen LogP contribution in [0.1, 0.15) is 18.0 Å². The van der Waals surface area contributed by atoms with Crippen molar-refractivity contribution in [1.29, 1.82) is 0 Å². The van der Waals surface area contributed by atoms with Gasteiger partial charge in [-0.05, 0) is 50.0 Å². The molecule has 8 heteroatoms. The first kappa shape index (κ1) is 22.1. The van der Waals surface area contributed by atoms with Crippen LogP contribution in [-0.2, 0) is 9.59 Å². The highest BCUT2D eigenvalue weighted by Gasteiger charge is 2.36. The number of hydrogen-bond acceptors (Lipinski definition) is 4. The minimum atomic E-state index is -0.489. The number of nitrogens with zero attached hydrogens (tertiary/aromatic N) is 2. The number of likely N-dealkylation sites (N-methyl/N-ethyl adjacent to an activating group) is 1. The van der Waals surface area contributed by atoms with Crippen LogP contribution in [0.2, 0.25) is 5.02 Å². The molecule has 1 saturated heterocycles. The second-order valence-electron chi connectivity index (χ2n) is 7.50. The average Bonchev–Trinajstić information content (AvgIpc) is 3.09. The monoisotopic (exact) mass is 433 g/mol. The first-order valence-corrected chi connectivity index (χ1v) is 10.0. The lowest BCUT2D eigenvalue weighted by molar-refractivity contribution is -0.126. The summed E-state index contributed by atoms with van der Waals surface area (Å²) in [4.78, 5) is 28.8. The van der Waals surface area contributed by atoms with Gasteiger partial charge in [0.1, 0.15) is 11.6 Å².